The average molecular weight is 483 g/mol. The monoisotopic (exact) mass is 482 g/mol. The minimum absolute atomic E-state index is 0.0514. The number of halogens is 1. The third-order valence-corrected chi connectivity index (χ3v) is 7.85. The first-order chi connectivity index (χ1) is 16.0. The molecule has 0 radical (unpaired) electrons. The number of para-hydroxylation sites is 1. The lowest BCUT2D eigenvalue weighted by Gasteiger charge is -2.40. The van der Waals surface area contributed by atoms with Gasteiger partial charge in [-0.1, -0.05) is 29.8 Å². The van der Waals surface area contributed by atoms with Crippen molar-refractivity contribution in [2.24, 2.45) is 5.92 Å². The average Bonchev–Trinajstić information content (AvgIpc) is 3.62. The first kappa shape index (κ1) is 22.3. The zero-order valence-corrected chi connectivity index (χ0v) is 20.1. The zero-order valence-electron chi connectivity index (χ0n) is 18.5. The SMILES string of the molecule is C[C@H]1CN(CC2CC2)CCN1C(=O)c1ccc(NS(=O)c2cccc3cccnc23)cc1Cl. The van der Waals surface area contributed by atoms with Crippen LogP contribution in [0.25, 0.3) is 10.9 Å². The number of rotatable bonds is 6. The number of carbonyl (C=O) groups excluding carboxylic acids is 1. The quantitative estimate of drug-likeness (QED) is 0.558. The van der Waals surface area contributed by atoms with Crippen LogP contribution >= 0.6 is 11.6 Å². The molecule has 1 unspecified atom stereocenters. The molecule has 0 bridgehead atoms. The Morgan fingerprint density at radius 1 is 1.18 bits per heavy atom. The Balaban J connectivity index is 1.28. The van der Waals surface area contributed by atoms with Gasteiger partial charge in [-0.2, -0.15) is 0 Å². The second-order valence-electron chi connectivity index (χ2n) is 8.95. The molecule has 1 saturated heterocycles. The molecular formula is C25H27ClN4O2S. The number of amides is 1. The third-order valence-electron chi connectivity index (χ3n) is 6.39. The number of anilines is 1. The normalized spacial score (nSPS) is 20.1. The third kappa shape index (κ3) is 4.90. The van der Waals surface area contributed by atoms with Crippen LogP contribution in [0, 0.1) is 5.92 Å². The molecule has 2 aromatic carbocycles. The second-order valence-corrected chi connectivity index (χ2v) is 10.5. The Kier molecular flexibility index (Phi) is 6.36. The molecule has 2 aliphatic rings. The summed E-state index contributed by atoms with van der Waals surface area (Å²) >= 11 is 6.51. The van der Waals surface area contributed by atoms with Gasteiger partial charge >= 0.3 is 0 Å². The summed E-state index contributed by atoms with van der Waals surface area (Å²) < 4.78 is 16.0. The number of aromatic nitrogens is 1. The first-order valence-corrected chi connectivity index (χ1v) is 12.9. The number of piperazine rings is 1. The van der Waals surface area contributed by atoms with Crippen molar-refractivity contribution in [1.82, 2.24) is 14.8 Å². The molecule has 1 saturated carbocycles. The summed E-state index contributed by atoms with van der Waals surface area (Å²) in [4.78, 5) is 22.6. The topological polar surface area (TPSA) is 65.5 Å². The lowest BCUT2D eigenvalue weighted by atomic mass is 10.1. The molecule has 2 fully saturated rings. The van der Waals surface area contributed by atoms with Crippen LogP contribution in [-0.2, 0) is 11.0 Å². The van der Waals surface area contributed by atoms with Gasteiger partial charge in [0.2, 0.25) is 0 Å². The van der Waals surface area contributed by atoms with Gasteiger partial charge in [0.05, 0.1) is 21.0 Å². The van der Waals surface area contributed by atoms with E-state index in [1.54, 1.807) is 30.5 Å². The van der Waals surface area contributed by atoms with Gasteiger partial charge in [-0.3, -0.25) is 14.7 Å². The van der Waals surface area contributed by atoms with Crippen LogP contribution in [0.1, 0.15) is 30.1 Å². The lowest BCUT2D eigenvalue weighted by molar-refractivity contribution is 0.0482. The fourth-order valence-electron chi connectivity index (χ4n) is 4.46. The molecule has 1 aromatic heterocycles. The van der Waals surface area contributed by atoms with Gasteiger partial charge in [0.15, 0.2) is 11.0 Å². The van der Waals surface area contributed by atoms with E-state index in [-0.39, 0.29) is 11.9 Å². The molecule has 1 aliphatic heterocycles. The molecule has 1 amide bonds. The molecule has 1 aliphatic carbocycles. The highest BCUT2D eigenvalue weighted by molar-refractivity contribution is 7.86. The van der Waals surface area contributed by atoms with Gasteiger partial charge in [-0.25, -0.2) is 4.21 Å². The van der Waals surface area contributed by atoms with Gasteiger partial charge in [-0.15, -0.1) is 0 Å². The summed E-state index contributed by atoms with van der Waals surface area (Å²) in [5, 5.41) is 1.28. The highest BCUT2D eigenvalue weighted by Crippen LogP contribution is 2.31. The van der Waals surface area contributed by atoms with Crippen molar-refractivity contribution in [3.63, 3.8) is 0 Å². The predicted octanol–water partition coefficient (Wildman–Crippen LogP) is 4.58. The minimum Gasteiger partial charge on any atom is -0.333 e. The van der Waals surface area contributed by atoms with Gasteiger partial charge in [0.25, 0.3) is 5.91 Å². The number of pyridine rings is 1. The van der Waals surface area contributed by atoms with Crippen LogP contribution < -0.4 is 4.72 Å². The summed E-state index contributed by atoms with van der Waals surface area (Å²) in [6.45, 7) is 5.76. The smallest absolute Gasteiger partial charge is 0.255 e. The van der Waals surface area contributed by atoms with Crippen LogP contribution in [0.2, 0.25) is 5.02 Å². The summed E-state index contributed by atoms with van der Waals surface area (Å²) in [5.41, 5.74) is 1.76. The molecule has 2 atom stereocenters. The van der Waals surface area contributed by atoms with Crippen LogP contribution in [0.3, 0.4) is 0 Å². The number of nitrogens with one attached hydrogen (secondary N) is 1. The van der Waals surface area contributed by atoms with Gasteiger partial charge in [0.1, 0.15) is 0 Å². The van der Waals surface area contributed by atoms with Crippen molar-refractivity contribution in [2.75, 3.05) is 30.9 Å². The zero-order chi connectivity index (χ0) is 22.9. The number of hydrogen-bond donors (Lipinski definition) is 1. The van der Waals surface area contributed by atoms with Crippen molar-refractivity contribution >= 4 is 45.1 Å². The van der Waals surface area contributed by atoms with E-state index >= 15 is 0 Å². The maximum absolute atomic E-state index is 13.2. The fraction of sp³-hybridized carbons (Fsp3) is 0.360. The number of benzene rings is 2. The molecule has 1 N–H and O–H groups in total. The van der Waals surface area contributed by atoms with E-state index in [2.05, 4.69) is 21.5 Å². The molecule has 172 valence electrons. The van der Waals surface area contributed by atoms with Crippen molar-refractivity contribution in [3.05, 3.63) is 65.3 Å². The van der Waals surface area contributed by atoms with E-state index in [1.165, 1.54) is 12.8 Å². The van der Waals surface area contributed by atoms with Crippen LogP contribution in [0.15, 0.2) is 59.6 Å². The summed E-state index contributed by atoms with van der Waals surface area (Å²) in [7, 11) is -1.52. The molecule has 3 aromatic rings. The largest absolute Gasteiger partial charge is 0.333 e. The second kappa shape index (κ2) is 9.41. The van der Waals surface area contributed by atoms with E-state index in [4.69, 9.17) is 11.6 Å². The Morgan fingerprint density at radius 2 is 2.00 bits per heavy atom. The van der Waals surface area contributed by atoms with E-state index in [9.17, 15) is 9.00 Å². The van der Waals surface area contributed by atoms with Crippen LogP contribution in [0.4, 0.5) is 5.69 Å². The van der Waals surface area contributed by atoms with Crippen molar-refractivity contribution in [2.45, 2.75) is 30.7 Å². The van der Waals surface area contributed by atoms with Crippen LogP contribution in [-0.4, -0.2) is 57.1 Å². The summed E-state index contributed by atoms with van der Waals surface area (Å²) in [6.07, 6.45) is 4.36. The predicted molar refractivity (Wildman–Crippen MR) is 133 cm³/mol. The number of carbonyl (C=O) groups is 1. The Morgan fingerprint density at radius 3 is 2.76 bits per heavy atom. The standard InChI is InChI=1S/C25H27ClN4O2S/c1-17-15-29(16-18-7-8-18)12-13-30(17)25(31)21-10-9-20(14-22(21)26)28-33(32)23-6-2-4-19-5-3-11-27-24(19)23/h2-6,9-11,14,17-18,28H,7-8,12-13,15-16H2,1H3/t17-,33?/m0/s1. The minimum atomic E-state index is -1.52. The molecule has 33 heavy (non-hydrogen) atoms. The number of nitrogens with zero attached hydrogens (tertiary/aromatic N) is 3. The Labute approximate surface area is 201 Å². The number of hydrogen-bond acceptors (Lipinski definition) is 4. The van der Waals surface area contributed by atoms with Crippen LogP contribution in [0.5, 0.6) is 0 Å². The number of fused-ring (bicyclic) bond motifs is 1. The maximum Gasteiger partial charge on any atom is 0.255 e. The van der Waals surface area contributed by atoms with Crippen molar-refractivity contribution in [1.29, 1.82) is 0 Å². The molecular weight excluding hydrogens is 456 g/mol. The lowest BCUT2D eigenvalue weighted by Crippen LogP contribution is -2.54. The highest BCUT2D eigenvalue weighted by Gasteiger charge is 2.32. The van der Waals surface area contributed by atoms with Gasteiger partial charge in [0, 0.05) is 49.5 Å². The maximum atomic E-state index is 13.2. The molecule has 2 heterocycles. The summed E-state index contributed by atoms with van der Waals surface area (Å²) in [6, 6.07) is 14.7. The van der Waals surface area contributed by atoms with E-state index in [0.29, 0.717) is 33.2 Å². The Bertz CT molecular complexity index is 1210. The van der Waals surface area contributed by atoms with Crippen molar-refractivity contribution < 1.29 is 9.00 Å². The first-order valence-electron chi connectivity index (χ1n) is 11.3. The van der Waals surface area contributed by atoms with Crippen molar-refractivity contribution in [3.8, 4) is 0 Å². The summed E-state index contributed by atoms with van der Waals surface area (Å²) in [5.74, 6) is 0.800. The molecule has 6 nitrogen and oxygen atoms in total. The molecule has 5 rings (SSSR count). The van der Waals surface area contributed by atoms with Gasteiger partial charge < -0.3 is 9.62 Å². The van der Waals surface area contributed by atoms with E-state index < -0.39 is 11.0 Å². The molecule has 0 spiro atoms. The molecule has 8 heteroatoms. The van der Waals surface area contributed by atoms with Gasteiger partial charge in [-0.05, 0) is 56.0 Å². The highest BCUT2D eigenvalue weighted by atomic mass is 35.5. The Hall–Kier alpha value is -2.48. The van der Waals surface area contributed by atoms with E-state index in [1.807, 2.05) is 29.2 Å². The van der Waals surface area contributed by atoms with E-state index in [0.717, 1.165) is 30.9 Å². The fourth-order valence-corrected chi connectivity index (χ4v) is 5.72.